The van der Waals surface area contributed by atoms with Gasteiger partial charge in [-0.25, -0.2) is 0 Å². The quantitative estimate of drug-likeness (QED) is 0.698. The molecule has 19 heavy (non-hydrogen) atoms. The Morgan fingerprint density at radius 1 is 1.11 bits per heavy atom. The summed E-state index contributed by atoms with van der Waals surface area (Å²) in [5.41, 5.74) is 1.14. The number of nitrogens with one attached hydrogen (secondary N) is 1. The number of hydrogen-bond acceptors (Lipinski definition) is 4. The van der Waals surface area contributed by atoms with Gasteiger partial charge in [0, 0.05) is 31.4 Å². The summed E-state index contributed by atoms with van der Waals surface area (Å²) in [6.45, 7) is 7.99. The van der Waals surface area contributed by atoms with Crippen molar-refractivity contribution in [2.45, 2.75) is 33.1 Å². The molecule has 0 amide bonds. The Kier molecular flexibility index (Phi) is 7.48. The average molecular weight is 267 g/mol. The van der Waals surface area contributed by atoms with Crippen molar-refractivity contribution in [3.05, 3.63) is 29.8 Å². The second-order valence-electron chi connectivity index (χ2n) is 4.21. The highest BCUT2D eigenvalue weighted by molar-refractivity contribution is 5.35. The summed E-state index contributed by atoms with van der Waals surface area (Å²) in [6, 6.07) is 8.19. The Labute approximate surface area is 116 Å². The van der Waals surface area contributed by atoms with Crippen molar-refractivity contribution >= 4 is 0 Å². The maximum Gasteiger partial charge on any atom is 0.169 e. The second-order valence-corrected chi connectivity index (χ2v) is 4.21. The fourth-order valence-electron chi connectivity index (χ4n) is 1.94. The molecule has 4 heteroatoms. The molecule has 4 nitrogen and oxygen atoms in total. The molecule has 0 bridgehead atoms. The summed E-state index contributed by atoms with van der Waals surface area (Å²) in [5.74, 6) is 0.895. The molecule has 0 unspecified atom stereocenters. The van der Waals surface area contributed by atoms with Gasteiger partial charge in [-0.2, -0.15) is 0 Å². The molecule has 0 saturated carbocycles. The zero-order valence-corrected chi connectivity index (χ0v) is 12.3. The van der Waals surface area contributed by atoms with Gasteiger partial charge in [0.15, 0.2) is 6.29 Å². The van der Waals surface area contributed by atoms with Crippen LogP contribution in [0.25, 0.3) is 0 Å². The zero-order chi connectivity index (χ0) is 14.1. The molecule has 0 aliphatic heterocycles. The van der Waals surface area contributed by atoms with Gasteiger partial charge >= 0.3 is 0 Å². The van der Waals surface area contributed by atoms with Crippen LogP contribution in [0.15, 0.2) is 24.3 Å². The van der Waals surface area contributed by atoms with Crippen LogP contribution in [0.5, 0.6) is 5.75 Å². The van der Waals surface area contributed by atoms with Crippen LogP contribution >= 0.6 is 0 Å². The van der Waals surface area contributed by atoms with E-state index >= 15 is 0 Å². The maximum absolute atomic E-state index is 5.51. The van der Waals surface area contributed by atoms with Crippen LogP contribution in [0.2, 0.25) is 0 Å². The van der Waals surface area contributed by atoms with E-state index in [1.807, 2.05) is 32.0 Å². The predicted octanol–water partition coefficient (Wildman–Crippen LogP) is 2.74. The van der Waals surface area contributed by atoms with E-state index in [-0.39, 0.29) is 12.3 Å². The number of ether oxygens (including phenoxy) is 3. The number of hydrogen-bond donors (Lipinski definition) is 1. The molecule has 0 aliphatic rings. The van der Waals surface area contributed by atoms with E-state index in [2.05, 4.69) is 18.3 Å². The number of methoxy groups -OCH3 is 1. The van der Waals surface area contributed by atoms with Crippen molar-refractivity contribution in [3.8, 4) is 5.75 Å². The van der Waals surface area contributed by atoms with Gasteiger partial charge in [0.05, 0.1) is 7.11 Å². The van der Waals surface area contributed by atoms with E-state index in [4.69, 9.17) is 14.2 Å². The molecule has 0 aromatic heterocycles. The molecular weight excluding hydrogens is 242 g/mol. The van der Waals surface area contributed by atoms with Gasteiger partial charge in [-0.1, -0.05) is 18.2 Å². The van der Waals surface area contributed by atoms with Gasteiger partial charge in [-0.15, -0.1) is 0 Å². The normalized spacial score (nSPS) is 12.7. The SMILES string of the molecule is CCOC(CN[C@H](C)c1ccccc1OC)OCC. The second kappa shape index (κ2) is 8.91. The third-order valence-electron chi connectivity index (χ3n) is 2.90. The molecule has 108 valence electrons. The molecule has 1 aromatic carbocycles. The highest BCUT2D eigenvalue weighted by Gasteiger charge is 2.13. The summed E-state index contributed by atoms with van der Waals surface area (Å²) < 4.78 is 16.4. The van der Waals surface area contributed by atoms with Gasteiger partial charge in [0.2, 0.25) is 0 Å². The highest BCUT2D eigenvalue weighted by atomic mass is 16.7. The molecule has 1 N–H and O–H groups in total. The Morgan fingerprint density at radius 3 is 2.32 bits per heavy atom. The van der Waals surface area contributed by atoms with Crippen LogP contribution in [0.1, 0.15) is 32.4 Å². The van der Waals surface area contributed by atoms with Gasteiger partial charge < -0.3 is 19.5 Å². The molecule has 0 fully saturated rings. The van der Waals surface area contributed by atoms with Crippen molar-refractivity contribution < 1.29 is 14.2 Å². The fraction of sp³-hybridized carbons (Fsp3) is 0.600. The average Bonchev–Trinajstić information content (AvgIpc) is 2.44. The lowest BCUT2D eigenvalue weighted by Gasteiger charge is -2.22. The molecule has 0 radical (unpaired) electrons. The van der Waals surface area contributed by atoms with Crippen LogP contribution in [-0.2, 0) is 9.47 Å². The van der Waals surface area contributed by atoms with Crippen molar-refractivity contribution in [1.29, 1.82) is 0 Å². The minimum absolute atomic E-state index is 0.180. The maximum atomic E-state index is 5.51. The highest BCUT2D eigenvalue weighted by Crippen LogP contribution is 2.24. The summed E-state index contributed by atoms with van der Waals surface area (Å²) in [7, 11) is 1.69. The van der Waals surface area contributed by atoms with E-state index in [9.17, 15) is 0 Å². The third kappa shape index (κ3) is 5.19. The molecule has 1 rings (SSSR count). The van der Waals surface area contributed by atoms with Crippen LogP contribution < -0.4 is 10.1 Å². The van der Waals surface area contributed by atoms with Gasteiger partial charge in [-0.05, 0) is 26.8 Å². The molecule has 0 heterocycles. The Bertz CT molecular complexity index is 351. The first kappa shape index (κ1) is 16.0. The summed E-state index contributed by atoms with van der Waals surface area (Å²) in [4.78, 5) is 0. The third-order valence-corrected chi connectivity index (χ3v) is 2.90. The van der Waals surface area contributed by atoms with Crippen LogP contribution in [0.3, 0.4) is 0 Å². The summed E-state index contributed by atoms with van der Waals surface area (Å²) in [5, 5.41) is 3.41. The number of benzene rings is 1. The topological polar surface area (TPSA) is 39.7 Å². The minimum atomic E-state index is -0.202. The van der Waals surface area contributed by atoms with E-state index in [0.717, 1.165) is 11.3 Å². The largest absolute Gasteiger partial charge is 0.496 e. The Balaban J connectivity index is 2.55. The van der Waals surface area contributed by atoms with Crippen LogP contribution in [-0.4, -0.2) is 33.2 Å². The lowest BCUT2D eigenvalue weighted by Crippen LogP contribution is -2.33. The van der Waals surface area contributed by atoms with Crippen molar-refractivity contribution in [2.75, 3.05) is 26.9 Å². The molecule has 0 aliphatic carbocycles. The lowest BCUT2D eigenvalue weighted by molar-refractivity contribution is -0.133. The fourth-order valence-corrected chi connectivity index (χ4v) is 1.94. The van der Waals surface area contributed by atoms with E-state index < -0.39 is 0 Å². The lowest BCUT2D eigenvalue weighted by atomic mass is 10.1. The molecule has 0 spiro atoms. The first-order valence-electron chi connectivity index (χ1n) is 6.82. The Hall–Kier alpha value is -1.10. The minimum Gasteiger partial charge on any atom is -0.496 e. The molecule has 0 saturated heterocycles. The standard InChI is InChI=1S/C15H25NO3/c1-5-18-15(19-6-2)11-16-12(3)13-9-7-8-10-14(13)17-4/h7-10,12,15-16H,5-6,11H2,1-4H3/t12-/m1/s1. The van der Waals surface area contributed by atoms with Gasteiger partial charge in [0.1, 0.15) is 5.75 Å². The van der Waals surface area contributed by atoms with E-state index in [1.54, 1.807) is 7.11 Å². The number of para-hydroxylation sites is 1. The van der Waals surface area contributed by atoms with Gasteiger partial charge in [-0.3, -0.25) is 0 Å². The Morgan fingerprint density at radius 2 is 1.74 bits per heavy atom. The van der Waals surface area contributed by atoms with Crippen molar-refractivity contribution in [2.24, 2.45) is 0 Å². The number of rotatable bonds is 9. The van der Waals surface area contributed by atoms with Gasteiger partial charge in [0.25, 0.3) is 0 Å². The zero-order valence-electron chi connectivity index (χ0n) is 12.3. The van der Waals surface area contributed by atoms with E-state index in [0.29, 0.717) is 19.8 Å². The van der Waals surface area contributed by atoms with Crippen molar-refractivity contribution in [1.82, 2.24) is 5.32 Å². The summed E-state index contributed by atoms with van der Waals surface area (Å²) in [6.07, 6.45) is -0.202. The first-order chi connectivity index (χ1) is 9.22. The van der Waals surface area contributed by atoms with Crippen LogP contribution in [0.4, 0.5) is 0 Å². The first-order valence-corrected chi connectivity index (χ1v) is 6.82. The molecular formula is C15H25NO3. The van der Waals surface area contributed by atoms with E-state index in [1.165, 1.54) is 0 Å². The predicted molar refractivity (Wildman–Crippen MR) is 76.5 cm³/mol. The van der Waals surface area contributed by atoms with Crippen LogP contribution in [0, 0.1) is 0 Å². The van der Waals surface area contributed by atoms with Crippen molar-refractivity contribution in [3.63, 3.8) is 0 Å². The molecule has 1 atom stereocenters. The summed E-state index contributed by atoms with van der Waals surface area (Å²) >= 11 is 0. The smallest absolute Gasteiger partial charge is 0.169 e. The monoisotopic (exact) mass is 267 g/mol. The molecule has 1 aromatic rings.